The first-order valence-corrected chi connectivity index (χ1v) is 7.99. The van der Waals surface area contributed by atoms with Gasteiger partial charge in [-0.25, -0.2) is 13.1 Å². The molecule has 9 heteroatoms. The number of benzene rings is 1. The van der Waals surface area contributed by atoms with E-state index in [1.54, 1.807) is 0 Å². The number of rotatable bonds is 4. The van der Waals surface area contributed by atoms with Crippen LogP contribution >= 0.6 is 0 Å². The molecule has 1 aromatic carbocycles. The Morgan fingerprint density at radius 3 is 2.81 bits per heavy atom. The number of hydrogen-bond acceptors (Lipinski definition) is 5. The van der Waals surface area contributed by atoms with Crippen molar-refractivity contribution < 1.29 is 17.7 Å². The van der Waals surface area contributed by atoms with Crippen molar-refractivity contribution in [3.05, 3.63) is 34.1 Å². The lowest BCUT2D eigenvalue weighted by atomic mass is 10.0. The maximum Gasteiger partial charge on any atom is 0.306 e. The van der Waals surface area contributed by atoms with Gasteiger partial charge in [0.25, 0.3) is 0 Å². The van der Waals surface area contributed by atoms with Crippen molar-refractivity contribution in [3.8, 4) is 0 Å². The fourth-order valence-corrected chi connectivity index (χ4v) is 3.64. The van der Waals surface area contributed by atoms with Crippen molar-refractivity contribution in [1.29, 1.82) is 0 Å². The van der Waals surface area contributed by atoms with Crippen LogP contribution in [0.15, 0.2) is 23.1 Å². The van der Waals surface area contributed by atoms with Gasteiger partial charge in [-0.05, 0) is 38.4 Å². The average molecular weight is 317 g/mol. The number of nitro benzene ring substituents is 1. The molecule has 0 radical (unpaired) electrons. The molecule has 1 aliphatic rings. The fourth-order valence-electron chi connectivity index (χ4n) is 2.27. The van der Waals surface area contributed by atoms with Crippen LogP contribution < -0.4 is 10.0 Å². The highest BCUT2D eigenvalue weighted by Crippen LogP contribution is 2.22. The van der Waals surface area contributed by atoms with Crippen LogP contribution in [-0.4, -0.2) is 32.0 Å². The van der Waals surface area contributed by atoms with Crippen LogP contribution in [0.3, 0.4) is 0 Å². The largest absolute Gasteiger partial charge is 0.313 e. The SMILES string of the molecule is CC1NCCCC1NS(=O)(=O)c1ccc(F)c([N+](=O)[O-])c1. The van der Waals surface area contributed by atoms with Gasteiger partial charge in [-0.2, -0.15) is 4.39 Å². The summed E-state index contributed by atoms with van der Waals surface area (Å²) < 4.78 is 40.3. The third-order valence-electron chi connectivity index (χ3n) is 3.49. The van der Waals surface area contributed by atoms with E-state index in [-0.39, 0.29) is 17.0 Å². The van der Waals surface area contributed by atoms with E-state index in [0.717, 1.165) is 31.2 Å². The summed E-state index contributed by atoms with van der Waals surface area (Å²) >= 11 is 0. The number of sulfonamides is 1. The van der Waals surface area contributed by atoms with Gasteiger partial charge in [-0.3, -0.25) is 10.1 Å². The Kier molecular flexibility index (Phi) is 4.55. The van der Waals surface area contributed by atoms with Crippen molar-refractivity contribution in [2.45, 2.75) is 36.7 Å². The normalized spacial score (nSPS) is 23.0. The number of nitrogens with one attached hydrogen (secondary N) is 2. The van der Waals surface area contributed by atoms with Crippen molar-refractivity contribution in [2.24, 2.45) is 0 Å². The summed E-state index contributed by atoms with van der Waals surface area (Å²) in [6.45, 7) is 2.68. The van der Waals surface area contributed by atoms with E-state index in [1.807, 2.05) is 6.92 Å². The lowest BCUT2D eigenvalue weighted by Crippen LogP contribution is -2.51. The molecule has 7 nitrogen and oxygen atoms in total. The Morgan fingerprint density at radius 2 is 2.19 bits per heavy atom. The molecule has 0 bridgehead atoms. The van der Waals surface area contributed by atoms with E-state index < -0.39 is 26.5 Å². The summed E-state index contributed by atoms with van der Waals surface area (Å²) in [4.78, 5) is 9.43. The van der Waals surface area contributed by atoms with Crippen LogP contribution in [0, 0.1) is 15.9 Å². The van der Waals surface area contributed by atoms with Gasteiger partial charge in [0.2, 0.25) is 15.8 Å². The Hall–Kier alpha value is -1.58. The number of nitrogens with zero attached hydrogens (tertiary/aromatic N) is 1. The van der Waals surface area contributed by atoms with Gasteiger partial charge in [0.15, 0.2) is 0 Å². The summed E-state index contributed by atoms with van der Waals surface area (Å²) in [6, 6.07) is 2.20. The van der Waals surface area contributed by atoms with Crippen molar-refractivity contribution in [2.75, 3.05) is 6.54 Å². The highest BCUT2D eigenvalue weighted by Gasteiger charge is 2.28. The maximum absolute atomic E-state index is 13.3. The molecule has 2 unspecified atom stereocenters. The van der Waals surface area contributed by atoms with E-state index in [4.69, 9.17) is 0 Å². The van der Waals surface area contributed by atoms with Gasteiger partial charge in [-0.1, -0.05) is 0 Å². The second-order valence-electron chi connectivity index (χ2n) is 4.98. The molecule has 2 atom stereocenters. The summed E-state index contributed by atoms with van der Waals surface area (Å²) in [5.74, 6) is -1.06. The minimum Gasteiger partial charge on any atom is -0.313 e. The van der Waals surface area contributed by atoms with Gasteiger partial charge >= 0.3 is 5.69 Å². The standard InChI is InChI=1S/C12H16FN3O4S/c1-8-11(3-2-6-14-8)15-21(19,20)9-4-5-10(13)12(7-9)16(17)18/h4-5,7-8,11,14-15H,2-3,6H2,1H3. The van der Waals surface area contributed by atoms with Crippen LogP contribution in [0.25, 0.3) is 0 Å². The monoisotopic (exact) mass is 317 g/mol. The lowest BCUT2D eigenvalue weighted by molar-refractivity contribution is -0.387. The molecule has 0 aromatic heterocycles. The third-order valence-corrected chi connectivity index (χ3v) is 4.98. The van der Waals surface area contributed by atoms with Gasteiger partial charge < -0.3 is 5.32 Å². The molecule has 0 amide bonds. The van der Waals surface area contributed by atoms with Gasteiger partial charge in [0.05, 0.1) is 9.82 Å². The molecular weight excluding hydrogens is 301 g/mol. The molecule has 1 fully saturated rings. The number of hydrogen-bond donors (Lipinski definition) is 2. The highest BCUT2D eigenvalue weighted by atomic mass is 32.2. The van der Waals surface area contributed by atoms with Crippen molar-refractivity contribution in [1.82, 2.24) is 10.0 Å². The molecule has 1 aromatic rings. The van der Waals surface area contributed by atoms with Crippen LogP contribution in [0.2, 0.25) is 0 Å². The smallest absolute Gasteiger partial charge is 0.306 e. The molecule has 2 N–H and O–H groups in total. The first-order valence-electron chi connectivity index (χ1n) is 6.51. The Bertz CT molecular complexity index is 650. The van der Waals surface area contributed by atoms with E-state index in [1.165, 1.54) is 0 Å². The Morgan fingerprint density at radius 1 is 1.48 bits per heavy atom. The summed E-state index contributed by atoms with van der Waals surface area (Å²) in [5.41, 5.74) is -0.854. The first-order chi connectivity index (χ1) is 9.81. The van der Waals surface area contributed by atoms with E-state index in [9.17, 15) is 22.9 Å². The van der Waals surface area contributed by atoms with Crippen LogP contribution in [0.4, 0.5) is 10.1 Å². The molecular formula is C12H16FN3O4S. The van der Waals surface area contributed by atoms with Crippen molar-refractivity contribution >= 4 is 15.7 Å². The Balaban J connectivity index is 2.27. The lowest BCUT2D eigenvalue weighted by Gasteiger charge is -2.30. The zero-order valence-corrected chi connectivity index (χ0v) is 12.2. The first kappa shape index (κ1) is 15.8. The second kappa shape index (κ2) is 6.04. The summed E-state index contributed by atoms with van der Waals surface area (Å²) in [5, 5.41) is 13.8. The van der Waals surface area contributed by atoms with E-state index in [0.29, 0.717) is 6.42 Å². The number of nitro groups is 1. The molecule has 2 rings (SSSR count). The minimum absolute atomic E-state index is 0.0380. The third kappa shape index (κ3) is 3.55. The minimum atomic E-state index is -3.93. The summed E-state index contributed by atoms with van der Waals surface area (Å²) in [6.07, 6.45) is 1.51. The zero-order chi connectivity index (χ0) is 15.6. The Labute approximate surface area is 121 Å². The zero-order valence-electron chi connectivity index (χ0n) is 11.4. The predicted molar refractivity (Wildman–Crippen MR) is 73.9 cm³/mol. The molecule has 116 valence electrons. The van der Waals surface area contributed by atoms with E-state index >= 15 is 0 Å². The van der Waals surface area contributed by atoms with Crippen LogP contribution in [0.1, 0.15) is 19.8 Å². The van der Waals surface area contributed by atoms with Gasteiger partial charge in [-0.15, -0.1) is 0 Å². The summed E-state index contributed by atoms with van der Waals surface area (Å²) in [7, 11) is -3.93. The quantitative estimate of drug-likeness (QED) is 0.641. The van der Waals surface area contributed by atoms with Crippen molar-refractivity contribution in [3.63, 3.8) is 0 Å². The molecule has 21 heavy (non-hydrogen) atoms. The molecule has 1 heterocycles. The number of halogens is 1. The van der Waals surface area contributed by atoms with Gasteiger partial charge in [0.1, 0.15) is 0 Å². The van der Waals surface area contributed by atoms with Gasteiger partial charge in [0, 0.05) is 18.2 Å². The van der Waals surface area contributed by atoms with E-state index in [2.05, 4.69) is 10.0 Å². The van der Waals surface area contributed by atoms with Crippen LogP contribution in [0.5, 0.6) is 0 Å². The number of piperidine rings is 1. The molecule has 1 aliphatic heterocycles. The molecule has 0 saturated carbocycles. The maximum atomic E-state index is 13.3. The molecule has 0 aliphatic carbocycles. The van der Waals surface area contributed by atoms with Crippen LogP contribution in [-0.2, 0) is 10.0 Å². The second-order valence-corrected chi connectivity index (χ2v) is 6.70. The topological polar surface area (TPSA) is 101 Å². The molecule has 0 spiro atoms. The fraction of sp³-hybridized carbons (Fsp3) is 0.500. The molecule has 1 saturated heterocycles. The highest BCUT2D eigenvalue weighted by molar-refractivity contribution is 7.89. The predicted octanol–water partition coefficient (Wildman–Crippen LogP) is 1.15. The average Bonchev–Trinajstić information content (AvgIpc) is 2.41.